The van der Waals surface area contributed by atoms with E-state index in [1.807, 2.05) is 59.2 Å². The maximum Gasteiger partial charge on any atom is 0.197 e. The average Bonchev–Trinajstić information content (AvgIpc) is 3.56. The van der Waals surface area contributed by atoms with E-state index in [2.05, 4.69) is 0 Å². The fourth-order valence-corrected chi connectivity index (χ4v) is 3.68. The number of benzene rings is 3. The highest BCUT2D eigenvalue weighted by atomic mass is 19.2. The molecule has 4 heteroatoms. The largest absolute Gasteiger partial charge is 0.343 e. The summed E-state index contributed by atoms with van der Waals surface area (Å²) in [6.45, 7) is 0. The Balaban J connectivity index is 1.68. The van der Waals surface area contributed by atoms with Crippen LogP contribution >= 0.6 is 0 Å². The Labute approximate surface area is 160 Å². The number of nitrogens with zero attached hydrogens (tertiary/aromatic N) is 1. The molecule has 28 heavy (non-hydrogen) atoms. The molecule has 138 valence electrons. The second-order valence-corrected chi connectivity index (χ2v) is 7.24. The first-order valence-electron chi connectivity index (χ1n) is 9.31. The van der Waals surface area contributed by atoms with Crippen molar-refractivity contribution in [1.29, 1.82) is 0 Å². The molecule has 3 aromatic carbocycles. The molecule has 1 aliphatic rings. The number of hydrogen-bond donors (Lipinski definition) is 0. The minimum absolute atomic E-state index is 0.218. The number of hydrogen-bond acceptors (Lipinski definition) is 1. The second-order valence-electron chi connectivity index (χ2n) is 7.24. The Bertz CT molecular complexity index is 1240. The smallest absolute Gasteiger partial charge is 0.197 e. The van der Waals surface area contributed by atoms with Gasteiger partial charge < -0.3 is 4.57 Å². The molecule has 2 nitrogen and oxygen atoms in total. The molecule has 1 heterocycles. The van der Waals surface area contributed by atoms with Gasteiger partial charge in [0.15, 0.2) is 17.1 Å². The van der Waals surface area contributed by atoms with Gasteiger partial charge in [0.2, 0.25) is 0 Å². The van der Waals surface area contributed by atoms with Crippen LogP contribution in [-0.2, 0) is 0 Å². The summed E-state index contributed by atoms with van der Waals surface area (Å²) in [5, 5.41) is 0.218. The average molecular weight is 373 g/mol. The molecule has 1 fully saturated rings. The zero-order valence-electron chi connectivity index (χ0n) is 15.0. The summed E-state index contributed by atoms with van der Waals surface area (Å²) in [6.07, 6.45) is 3.74. The van der Waals surface area contributed by atoms with Crippen LogP contribution < -0.4 is 5.43 Å². The van der Waals surface area contributed by atoms with Gasteiger partial charge in [-0.3, -0.25) is 4.79 Å². The number of aromatic nitrogens is 1. The molecule has 1 saturated carbocycles. The van der Waals surface area contributed by atoms with Crippen molar-refractivity contribution in [3.63, 3.8) is 0 Å². The van der Waals surface area contributed by atoms with Gasteiger partial charge in [-0.2, -0.15) is 0 Å². The molecule has 1 aromatic heterocycles. The van der Waals surface area contributed by atoms with Crippen molar-refractivity contribution in [1.82, 2.24) is 4.57 Å². The third-order valence-corrected chi connectivity index (χ3v) is 5.32. The quantitative estimate of drug-likeness (QED) is 0.435. The topological polar surface area (TPSA) is 22.0 Å². The van der Waals surface area contributed by atoms with Gasteiger partial charge in [-0.05, 0) is 35.6 Å². The fraction of sp³-hybridized carbons (Fsp3) is 0.125. The van der Waals surface area contributed by atoms with E-state index < -0.39 is 11.6 Å². The summed E-state index contributed by atoms with van der Waals surface area (Å²) in [6, 6.07) is 20.1. The number of fused-ring (bicyclic) bond motifs is 1. The lowest BCUT2D eigenvalue weighted by molar-refractivity contribution is 0.510. The van der Waals surface area contributed by atoms with E-state index in [-0.39, 0.29) is 16.9 Å². The normalized spacial score (nSPS) is 13.8. The van der Waals surface area contributed by atoms with Crippen LogP contribution in [0.15, 0.2) is 77.7 Å². The van der Waals surface area contributed by atoms with E-state index in [9.17, 15) is 13.6 Å². The van der Waals surface area contributed by atoms with Gasteiger partial charge >= 0.3 is 0 Å². The van der Waals surface area contributed by atoms with Crippen molar-refractivity contribution in [2.24, 2.45) is 0 Å². The Hall–Kier alpha value is -3.27. The van der Waals surface area contributed by atoms with Crippen molar-refractivity contribution in [2.45, 2.75) is 18.9 Å². The van der Waals surface area contributed by atoms with E-state index in [1.54, 1.807) is 6.20 Å². The van der Waals surface area contributed by atoms with E-state index >= 15 is 0 Å². The first-order chi connectivity index (χ1) is 13.6. The molecule has 0 bridgehead atoms. The molecule has 0 spiro atoms. The lowest BCUT2D eigenvalue weighted by Crippen LogP contribution is -2.12. The maximum absolute atomic E-state index is 13.8. The molecule has 1 aliphatic carbocycles. The molecule has 0 unspecified atom stereocenters. The van der Waals surface area contributed by atoms with Crippen LogP contribution in [0.1, 0.15) is 18.9 Å². The molecule has 0 aliphatic heterocycles. The van der Waals surface area contributed by atoms with Crippen LogP contribution in [0.5, 0.6) is 0 Å². The summed E-state index contributed by atoms with van der Waals surface area (Å²) >= 11 is 0. The number of halogens is 2. The molecule has 0 atom stereocenters. The van der Waals surface area contributed by atoms with Gasteiger partial charge in [-0.25, -0.2) is 8.78 Å². The molecule has 4 aromatic rings. The van der Waals surface area contributed by atoms with Gasteiger partial charge in [-0.15, -0.1) is 0 Å². The molecular formula is C24H17F2NO. The Kier molecular flexibility index (Phi) is 3.86. The maximum atomic E-state index is 13.8. The molecule has 0 N–H and O–H groups in total. The monoisotopic (exact) mass is 373 g/mol. The van der Waals surface area contributed by atoms with E-state index in [4.69, 9.17) is 0 Å². The van der Waals surface area contributed by atoms with Gasteiger partial charge in [0.05, 0.1) is 5.52 Å². The summed E-state index contributed by atoms with van der Waals surface area (Å²) in [7, 11) is 0. The van der Waals surface area contributed by atoms with Crippen LogP contribution in [0.25, 0.3) is 33.2 Å². The first-order valence-corrected chi connectivity index (χ1v) is 9.31. The van der Waals surface area contributed by atoms with Gasteiger partial charge in [0, 0.05) is 29.3 Å². The molecular weight excluding hydrogens is 356 g/mol. The molecule has 0 saturated heterocycles. The van der Waals surface area contributed by atoms with Crippen LogP contribution in [0.4, 0.5) is 8.78 Å². The van der Waals surface area contributed by atoms with E-state index in [1.165, 1.54) is 0 Å². The predicted molar refractivity (Wildman–Crippen MR) is 107 cm³/mol. The standard InChI is InChI=1S/C24H17F2NO/c25-21-12-19-23(13-22(21)26)27(18-10-11-18)14-20(24(19)28)17-8-6-16(7-9-17)15-4-2-1-3-5-15/h1-9,12-14,18H,10-11H2. The van der Waals surface area contributed by atoms with Crippen LogP contribution in [-0.4, -0.2) is 4.57 Å². The van der Waals surface area contributed by atoms with E-state index in [0.29, 0.717) is 11.1 Å². The summed E-state index contributed by atoms with van der Waals surface area (Å²) < 4.78 is 29.5. The zero-order valence-corrected chi connectivity index (χ0v) is 15.0. The highest BCUT2D eigenvalue weighted by molar-refractivity contribution is 5.85. The number of pyridine rings is 1. The molecule has 0 amide bonds. The Morgan fingerprint density at radius 2 is 1.39 bits per heavy atom. The molecule has 0 radical (unpaired) electrons. The van der Waals surface area contributed by atoms with Crippen LogP contribution in [0.3, 0.4) is 0 Å². The minimum Gasteiger partial charge on any atom is -0.343 e. The lowest BCUT2D eigenvalue weighted by atomic mass is 9.99. The van der Waals surface area contributed by atoms with Gasteiger partial charge in [0.25, 0.3) is 0 Å². The fourth-order valence-electron chi connectivity index (χ4n) is 3.68. The Morgan fingerprint density at radius 1 is 0.786 bits per heavy atom. The SMILES string of the molecule is O=c1c(-c2ccc(-c3ccccc3)cc2)cn(C2CC2)c2cc(F)c(F)cc12. The molecule has 5 rings (SSSR count). The second kappa shape index (κ2) is 6.41. The van der Waals surface area contributed by atoms with Crippen molar-refractivity contribution in [3.8, 4) is 22.3 Å². The van der Waals surface area contributed by atoms with Gasteiger partial charge in [0.1, 0.15) is 0 Å². The van der Waals surface area contributed by atoms with Gasteiger partial charge in [-0.1, -0.05) is 54.6 Å². The van der Waals surface area contributed by atoms with Crippen molar-refractivity contribution >= 4 is 10.9 Å². The minimum atomic E-state index is -0.997. The van der Waals surface area contributed by atoms with Crippen molar-refractivity contribution in [3.05, 3.63) is 94.8 Å². The summed E-state index contributed by atoms with van der Waals surface area (Å²) in [5.74, 6) is -1.93. The summed E-state index contributed by atoms with van der Waals surface area (Å²) in [5.41, 5.74) is 3.60. The van der Waals surface area contributed by atoms with Crippen molar-refractivity contribution in [2.75, 3.05) is 0 Å². The Morgan fingerprint density at radius 3 is 2.07 bits per heavy atom. The lowest BCUT2D eigenvalue weighted by Gasteiger charge is -2.14. The highest BCUT2D eigenvalue weighted by Crippen LogP contribution is 2.38. The first kappa shape index (κ1) is 16.9. The number of rotatable bonds is 3. The van der Waals surface area contributed by atoms with Crippen LogP contribution in [0, 0.1) is 11.6 Å². The van der Waals surface area contributed by atoms with Crippen molar-refractivity contribution < 1.29 is 8.78 Å². The highest BCUT2D eigenvalue weighted by Gasteiger charge is 2.26. The summed E-state index contributed by atoms with van der Waals surface area (Å²) in [4.78, 5) is 13.0. The van der Waals surface area contributed by atoms with Crippen LogP contribution in [0.2, 0.25) is 0 Å². The third kappa shape index (κ3) is 2.82. The predicted octanol–water partition coefficient (Wildman–Crippen LogP) is 5.95. The van der Waals surface area contributed by atoms with E-state index in [0.717, 1.165) is 41.7 Å². The third-order valence-electron chi connectivity index (χ3n) is 5.32. The zero-order chi connectivity index (χ0) is 19.3.